The Labute approximate surface area is 145 Å². The van der Waals surface area contributed by atoms with Crippen LogP contribution in [0.15, 0.2) is 42.5 Å². The third-order valence-electron chi connectivity index (χ3n) is 4.56. The summed E-state index contributed by atoms with van der Waals surface area (Å²) in [6, 6.07) is 10.2. The maximum absolute atomic E-state index is 14.8. The Hall–Kier alpha value is -3.55. The molecular weight excluding hydrogens is 340 g/mol. The highest BCUT2D eigenvalue weighted by Gasteiger charge is 2.32. The van der Waals surface area contributed by atoms with Gasteiger partial charge in [-0.15, -0.1) is 10.2 Å². The number of benzene rings is 2. The maximum Gasteiger partial charge on any atom is 0.199 e. The smallest absolute Gasteiger partial charge is 0.199 e. The van der Waals surface area contributed by atoms with Crippen LogP contribution in [0.2, 0.25) is 0 Å². The Kier molecular flexibility index (Phi) is 2.96. The van der Waals surface area contributed by atoms with E-state index in [1.54, 1.807) is 0 Å². The number of nitrogens with one attached hydrogen (secondary N) is 2. The van der Waals surface area contributed by atoms with Crippen molar-refractivity contribution in [2.75, 3.05) is 5.32 Å². The van der Waals surface area contributed by atoms with E-state index in [9.17, 15) is 13.9 Å². The van der Waals surface area contributed by atoms with Crippen LogP contribution in [0.5, 0.6) is 5.75 Å². The van der Waals surface area contributed by atoms with Crippen LogP contribution in [0.1, 0.15) is 17.2 Å². The summed E-state index contributed by atoms with van der Waals surface area (Å²) >= 11 is 0. The first-order chi connectivity index (χ1) is 12.6. The number of phenols is 1. The Morgan fingerprint density at radius 2 is 1.88 bits per heavy atom. The van der Waals surface area contributed by atoms with Crippen LogP contribution in [0.3, 0.4) is 0 Å². The topological polar surface area (TPSA) is 86.7 Å². The van der Waals surface area contributed by atoms with Crippen LogP contribution in [0, 0.1) is 11.8 Å². The molecule has 1 unspecified atom stereocenters. The van der Waals surface area contributed by atoms with Gasteiger partial charge in [0.1, 0.15) is 17.3 Å². The maximum atomic E-state index is 14.8. The molecule has 0 amide bonds. The molecule has 3 N–H and O–H groups in total. The number of aromatic nitrogens is 4. The molecule has 0 radical (unpaired) electrons. The number of rotatable bonds is 1. The fourth-order valence-corrected chi connectivity index (χ4v) is 3.43. The molecule has 0 bridgehead atoms. The van der Waals surface area contributed by atoms with Crippen molar-refractivity contribution in [1.82, 2.24) is 20.4 Å². The molecule has 3 heterocycles. The number of fused-ring (bicyclic) bond motifs is 2. The van der Waals surface area contributed by atoms with Gasteiger partial charge in [-0.2, -0.15) is 4.39 Å². The summed E-state index contributed by atoms with van der Waals surface area (Å²) in [6.07, 6.45) is 0. The van der Waals surface area contributed by atoms with Crippen molar-refractivity contribution < 1.29 is 13.9 Å². The van der Waals surface area contributed by atoms with Crippen molar-refractivity contribution in [2.45, 2.75) is 6.04 Å². The molecule has 0 saturated carbocycles. The monoisotopic (exact) mass is 351 g/mol. The number of H-pyrrole nitrogens is 1. The van der Waals surface area contributed by atoms with E-state index in [4.69, 9.17) is 0 Å². The molecule has 2 aromatic heterocycles. The van der Waals surface area contributed by atoms with E-state index in [2.05, 4.69) is 25.7 Å². The zero-order chi connectivity index (χ0) is 17.8. The van der Waals surface area contributed by atoms with Crippen LogP contribution in [-0.2, 0) is 0 Å². The number of aromatic hydroxyl groups is 1. The molecule has 0 fully saturated rings. The van der Waals surface area contributed by atoms with Crippen molar-refractivity contribution in [3.63, 3.8) is 0 Å². The highest BCUT2D eigenvalue weighted by Crippen LogP contribution is 2.43. The minimum absolute atomic E-state index is 0.196. The van der Waals surface area contributed by atoms with Gasteiger partial charge in [-0.05, 0) is 17.3 Å². The van der Waals surface area contributed by atoms with Crippen LogP contribution in [0.4, 0.5) is 14.5 Å². The molecule has 0 saturated heterocycles. The summed E-state index contributed by atoms with van der Waals surface area (Å²) in [7, 11) is 0. The van der Waals surface area contributed by atoms with Crippen molar-refractivity contribution in [3.8, 4) is 17.0 Å². The Morgan fingerprint density at radius 3 is 2.73 bits per heavy atom. The van der Waals surface area contributed by atoms with E-state index in [1.807, 2.05) is 24.3 Å². The number of nitrogens with zero attached hydrogens (tertiary/aromatic N) is 3. The zero-order valence-electron chi connectivity index (χ0n) is 13.2. The molecule has 6 nitrogen and oxygen atoms in total. The molecule has 2 aromatic carbocycles. The highest BCUT2D eigenvalue weighted by atomic mass is 19.1. The van der Waals surface area contributed by atoms with Crippen LogP contribution >= 0.6 is 0 Å². The van der Waals surface area contributed by atoms with Crippen molar-refractivity contribution in [2.24, 2.45) is 0 Å². The van der Waals surface area contributed by atoms with E-state index < -0.39 is 17.8 Å². The van der Waals surface area contributed by atoms with E-state index in [1.165, 1.54) is 12.1 Å². The third-order valence-corrected chi connectivity index (χ3v) is 4.56. The lowest BCUT2D eigenvalue weighted by molar-refractivity contribution is 0.467. The lowest BCUT2D eigenvalue weighted by Crippen LogP contribution is -2.14. The fraction of sp³-hybridized carbons (Fsp3) is 0.0556. The molecule has 128 valence electrons. The first-order valence-corrected chi connectivity index (χ1v) is 7.88. The number of hydrogen-bond donors (Lipinski definition) is 3. The minimum Gasteiger partial charge on any atom is -0.508 e. The van der Waals surface area contributed by atoms with Crippen LogP contribution in [-0.4, -0.2) is 25.5 Å². The van der Waals surface area contributed by atoms with Crippen LogP contribution < -0.4 is 5.32 Å². The first-order valence-electron chi connectivity index (χ1n) is 7.88. The molecule has 5 rings (SSSR count). The summed E-state index contributed by atoms with van der Waals surface area (Å²) in [4.78, 5) is 2.56. The van der Waals surface area contributed by atoms with Gasteiger partial charge in [0.25, 0.3) is 0 Å². The average Bonchev–Trinajstić information content (AvgIpc) is 2.87. The van der Waals surface area contributed by atoms with Gasteiger partial charge >= 0.3 is 0 Å². The van der Waals surface area contributed by atoms with E-state index in [-0.39, 0.29) is 22.5 Å². The third kappa shape index (κ3) is 1.98. The highest BCUT2D eigenvalue weighted by molar-refractivity contribution is 5.99. The zero-order valence-corrected chi connectivity index (χ0v) is 13.2. The van der Waals surface area contributed by atoms with Gasteiger partial charge in [-0.25, -0.2) is 4.39 Å². The number of halogens is 2. The number of phenolic OH excluding ortho intramolecular Hbond substituents is 1. The summed E-state index contributed by atoms with van der Waals surface area (Å²) < 4.78 is 29.4. The van der Waals surface area contributed by atoms with E-state index in [0.717, 1.165) is 6.07 Å². The predicted octanol–water partition coefficient (Wildman–Crippen LogP) is 3.52. The Morgan fingerprint density at radius 1 is 1.04 bits per heavy atom. The normalized spacial score (nSPS) is 15.4. The van der Waals surface area contributed by atoms with Crippen LogP contribution in [0.25, 0.3) is 22.3 Å². The van der Waals surface area contributed by atoms with Crippen molar-refractivity contribution in [3.05, 3.63) is 65.4 Å². The van der Waals surface area contributed by atoms with Gasteiger partial charge in [0.15, 0.2) is 11.6 Å². The number of aromatic amines is 1. The second-order valence-corrected chi connectivity index (χ2v) is 6.04. The molecule has 8 heteroatoms. The molecule has 0 aliphatic carbocycles. The number of para-hydroxylation sites is 1. The standard InChI is InChI=1S/C18H11F2N5O/c19-11-7-8(26)5-6-9(11)15-13-14-16(10-3-1-2-4-12(10)21-15)23-25-24-18(14)22-17(13)20/h1-7,15,21,26H,(H,22,23,24). The van der Waals surface area contributed by atoms with E-state index >= 15 is 0 Å². The lowest BCUT2D eigenvalue weighted by Gasteiger charge is -2.20. The largest absolute Gasteiger partial charge is 0.508 e. The predicted molar refractivity (Wildman–Crippen MR) is 90.6 cm³/mol. The van der Waals surface area contributed by atoms with Gasteiger partial charge in [0.2, 0.25) is 0 Å². The summed E-state index contributed by atoms with van der Waals surface area (Å²) in [6.45, 7) is 0. The number of anilines is 1. The van der Waals surface area contributed by atoms with Gasteiger partial charge in [0.05, 0.1) is 11.4 Å². The molecule has 1 atom stereocenters. The molecular formula is C18H11F2N5O. The molecule has 0 spiro atoms. The fourth-order valence-electron chi connectivity index (χ4n) is 3.43. The first kappa shape index (κ1) is 14.8. The molecule has 26 heavy (non-hydrogen) atoms. The van der Waals surface area contributed by atoms with Crippen molar-refractivity contribution >= 4 is 16.7 Å². The van der Waals surface area contributed by atoms with Gasteiger partial charge in [0, 0.05) is 28.4 Å². The minimum atomic E-state index is -0.835. The summed E-state index contributed by atoms with van der Waals surface area (Å²) in [5.41, 5.74) is 2.50. The quantitative estimate of drug-likeness (QED) is 0.488. The van der Waals surface area contributed by atoms with E-state index in [0.29, 0.717) is 22.3 Å². The lowest BCUT2D eigenvalue weighted by atomic mass is 9.98. The average molecular weight is 351 g/mol. The number of hydrogen-bond acceptors (Lipinski definition) is 5. The summed E-state index contributed by atoms with van der Waals surface area (Å²) in [5, 5.41) is 24.8. The second-order valence-electron chi connectivity index (χ2n) is 6.04. The molecule has 1 aliphatic rings. The van der Waals surface area contributed by atoms with Gasteiger partial charge in [-0.1, -0.05) is 24.3 Å². The molecule has 1 aliphatic heterocycles. The summed E-state index contributed by atoms with van der Waals surface area (Å²) in [5.74, 6) is -1.48. The SMILES string of the molecule is Oc1ccc(C2Nc3ccccc3-c3nnnc4[nH]c(F)c2c34)c(F)c1. The Balaban J connectivity index is 1.88. The second kappa shape index (κ2) is 5.22. The van der Waals surface area contributed by atoms with Crippen molar-refractivity contribution in [1.29, 1.82) is 0 Å². The Bertz CT molecular complexity index is 1170. The molecule has 4 aromatic rings. The van der Waals surface area contributed by atoms with Gasteiger partial charge < -0.3 is 15.4 Å². The van der Waals surface area contributed by atoms with Gasteiger partial charge in [-0.3, -0.25) is 0 Å².